The highest BCUT2D eigenvalue weighted by Crippen LogP contribution is 2.38. The molecule has 3 nitrogen and oxygen atoms in total. The Morgan fingerprint density at radius 1 is 1.17 bits per heavy atom. The summed E-state index contributed by atoms with van der Waals surface area (Å²) < 4.78 is 5.71. The van der Waals surface area contributed by atoms with Crippen molar-refractivity contribution in [3.8, 4) is 5.75 Å². The zero-order valence-electron chi connectivity index (χ0n) is 13.6. The number of ether oxygens (including phenoxy) is 1. The molecule has 3 rings (SSSR count). The number of nitrogens with zero attached hydrogens (tertiary/aromatic N) is 1. The molecule has 1 aliphatic rings. The molecule has 128 valence electrons. The van der Waals surface area contributed by atoms with Gasteiger partial charge in [-0.25, -0.2) is 0 Å². The first-order chi connectivity index (χ1) is 11.6. The summed E-state index contributed by atoms with van der Waals surface area (Å²) in [5, 5.41) is 10.3. The summed E-state index contributed by atoms with van der Waals surface area (Å²) in [7, 11) is 2.10. The van der Waals surface area contributed by atoms with Crippen LogP contribution in [0, 0.1) is 0 Å². The van der Waals surface area contributed by atoms with E-state index >= 15 is 0 Å². The minimum atomic E-state index is 0.142. The predicted octanol–water partition coefficient (Wildman–Crippen LogP) is 4.33. The van der Waals surface area contributed by atoms with Crippen LogP contribution in [0.5, 0.6) is 5.75 Å². The monoisotopic (exact) mass is 365 g/mol. The lowest BCUT2D eigenvalue weighted by atomic mass is 9.84. The second kappa shape index (κ2) is 7.75. The molecule has 0 spiro atoms. The van der Waals surface area contributed by atoms with Crippen molar-refractivity contribution in [2.75, 3.05) is 26.8 Å². The van der Waals surface area contributed by atoms with Crippen molar-refractivity contribution in [3.63, 3.8) is 0 Å². The molecule has 1 unspecified atom stereocenters. The van der Waals surface area contributed by atoms with Crippen LogP contribution in [0.2, 0.25) is 10.0 Å². The highest BCUT2D eigenvalue weighted by atomic mass is 35.5. The molecule has 24 heavy (non-hydrogen) atoms. The summed E-state index contributed by atoms with van der Waals surface area (Å²) in [4.78, 5) is 2.28. The zero-order chi connectivity index (χ0) is 17.1. The van der Waals surface area contributed by atoms with Crippen molar-refractivity contribution in [1.29, 1.82) is 0 Å². The molecule has 0 saturated heterocycles. The van der Waals surface area contributed by atoms with Gasteiger partial charge in [-0.1, -0.05) is 29.3 Å². The van der Waals surface area contributed by atoms with E-state index in [2.05, 4.69) is 24.1 Å². The molecular weight excluding hydrogens is 345 g/mol. The first-order valence-corrected chi connectivity index (χ1v) is 8.84. The molecule has 0 aliphatic carbocycles. The van der Waals surface area contributed by atoms with Crippen molar-refractivity contribution in [1.82, 2.24) is 4.90 Å². The molecule has 1 N–H and O–H groups in total. The third-order valence-corrected chi connectivity index (χ3v) is 4.91. The van der Waals surface area contributed by atoms with Crippen molar-refractivity contribution in [2.45, 2.75) is 18.9 Å². The molecule has 2 aromatic carbocycles. The fourth-order valence-corrected chi connectivity index (χ4v) is 3.65. The fourth-order valence-electron chi connectivity index (χ4n) is 3.22. The average molecular weight is 366 g/mol. The Hall–Kier alpha value is -1.26. The summed E-state index contributed by atoms with van der Waals surface area (Å²) in [6.07, 6.45) is 0.637. The minimum Gasteiger partial charge on any atom is -0.493 e. The van der Waals surface area contributed by atoms with E-state index in [9.17, 15) is 0 Å². The van der Waals surface area contributed by atoms with Gasteiger partial charge in [0.2, 0.25) is 0 Å². The molecular formula is C19H21Cl2NO2. The van der Waals surface area contributed by atoms with Gasteiger partial charge in [0.15, 0.2) is 0 Å². The summed E-state index contributed by atoms with van der Waals surface area (Å²) in [5.74, 6) is 1.03. The Balaban J connectivity index is 1.93. The van der Waals surface area contributed by atoms with E-state index in [1.807, 2.05) is 24.3 Å². The third-order valence-electron chi connectivity index (χ3n) is 4.33. The number of hydrogen-bond acceptors (Lipinski definition) is 3. The van der Waals surface area contributed by atoms with E-state index in [1.165, 1.54) is 11.1 Å². The second-order valence-corrected chi connectivity index (χ2v) is 7.05. The van der Waals surface area contributed by atoms with Gasteiger partial charge in [-0.3, -0.25) is 0 Å². The Morgan fingerprint density at radius 2 is 2.00 bits per heavy atom. The lowest BCUT2D eigenvalue weighted by molar-refractivity contribution is 0.233. The van der Waals surface area contributed by atoms with E-state index in [-0.39, 0.29) is 12.5 Å². The van der Waals surface area contributed by atoms with Gasteiger partial charge in [0.25, 0.3) is 0 Å². The second-order valence-electron chi connectivity index (χ2n) is 6.20. The highest BCUT2D eigenvalue weighted by Gasteiger charge is 2.26. The van der Waals surface area contributed by atoms with Crippen molar-refractivity contribution < 1.29 is 9.84 Å². The number of benzene rings is 2. The van der Waals surface area contributed by atoms with Gasteiger partial charge in [-0.05, 0) is 54.1 Å². The molecule has 5 heteroatoms. The molecule has 0 amide bonds. The molecule has 0 bridgehead atoms. The average Bonchev–Trinajstić information content (AvgIpc) is 2.56. The van der Waals surface area contributed by atoms with Gasteiger partial charge in [-0.2, -0.15) is 0 Å². The number of halogens is 2. The Bertz CT molecular complexity index is 721. The number of likely N-dealkylation sites (N-methyl/N-ethyl adjacent to an activating group) is 1. The molecule has 0 radical (unpaired) electrons. The predicted molar refractivity (Wildman–Crippen MR) is 98.3 cm³/mol. The third kappa shape index (κ3) is 3.86. The van der Waals surface area contributed by atoms with Gasteiger partial charge in [0.1, 0.15) is 5.75 Å². The van der Waals surface area contributed by atoms with Crippen LogP contribution in [0.1, 0.15) is 29.0 Å². The van der Waals surface area contributed by atoms with Gasteiger partial charge < -0.3 is 14.7 Å². The van der Waals surface area contributed by atoms with Crippen molar-refractivity contribution >= 4 is 23.2 Å². The number of aliphatic hydroxyl groups excluding tert-OH is 1. The lowest BCUT2D eigenvalue weighted by Gasteiger charge is -2.33. The van der Waals surface area contributed by atoms with Gasteiger partial charge in [-0.15, -0.1) is 0 Å². The number of hydrogen-bond donors (Lipinski definition) is 1. The topological polar surface area (TPSA) is 32.7 Å². The highest BCUT2D eigenvalue weighted by molar-refractivity contribution is 6.33. The van der Waals surface area contributed by atoms with Gasteiger partial charge in [0, 0.05) is 42.1 Å². The molecule has 1 heterocycles. The van der Waals surface area contributed by atoms with Gasteiger partial charge in [0.05, 0.1) is 6.61 Å². The zero-order valence-corrected chi connectivity index (χ0v) is 15.1. The Morgan fingerprint density at radius 3 is 2.79 bits per heavy atom. The molecule has 0 saturated carbocycles. The van der Waals surface area contributed by atoms with E-state index in [0.717, 1.165) is 29.4 Å². The van der Waals surface area contributed by atoms with Gasteiger partial charge >= 0.3 is 0 Å². The first-order valence-electron chi connectivity index (χ1n) is 8.08. The fraction of sp³-hybridized carbons (Fsp3) is 0.368. The SMILES string of the molecule is CN1Cc2cc(OCCCO)ccc2C(c2cc(Cl)ccc2Cl)C1. The number of aliphatic hydroxyl groups is 1. The summed E-state index contributed by atoms with van der Waals surface area (Å²) in [6.45, 7) is 2.44. The van der Waals surface area contributed by atoms with E-state index < -0.39 is 0 Å². The Kier molecular flexibility index (Phi) is 5.67. The maximum absolute atomic E-state index is 8.87. The minimum absolute atomic E-state index is 0.142. The van der Waals surface area contributed by atoms with E-state index in [0.29, 0.717) is 18.1 Å². The largest absolute Gasteiger partial charge is 0.493 e. The molecule has 0 aromatic heterocycles. The Labute approximate surface area is 152 Å². The normalized spacial score (nSPS) is 17.6. The first kappa shape index (κ1) is 17.6. The summed E-state index contributed by atoms with van der Waals surface area (Å²) in [6, 6.07) is 11.8. The van der Waals surface area contributed by atoms with E-state index in [1.54, 1.807) is 0 Å². The molecule has 0 fully saturated rings. The van der Waals surface area contributed by atoms with E-state index in [4.69, 9.17) is 33.0 Å². The quantitative estimate of drug-likeness (QED) is 0.800. The van der Waals surface area contributed by atoms with Crippen LogP contribution in [0.25, 0.3) is 0 Å². The summed E-state index contributed by atoms with van der Waals surface area (Å²) in [5.41, 5.74) is 3.57. The van der Waals surface area contributed by atoms with Crippen LogP contribution in [0.4, 0.5) is 0 Å². The van der Waals surface area contributed by atoms with Crippen LogP contribution in [0.3, 0.4) is 0 Å². The molecule has 1 atom stereocenters. The smallest absolute Gasteiger partial charge is 0.119 e. The van der Waals surface area contributed by atoms with Crippen molar-refractivity contribution in [2.24, 2.45) is 0 Å². The maximum Gasteiger partial charge on any atom is 0.119 e. The van der Waals surface area contributed by atoms with Crippen LogP contribution >= 0.6 is 23.2 Å². The van der Waals surface area contributed by atoms with Crippen LogP contribution in [0.15, 0.2) is 36.4 Å². The van der Waals surface area contributed by atoms with Crippen LogP contribution < -0.4 is 4.74 Å². The summed E-state index contributed by atoms with van der Waals surface area (Å²) >= 11 is 12.6. The maximum atomic E-state index is 8.87. The number of fused-ring (bicyclic) bond motifs is 1. The molecule has 2 aromatic rings. The van der Waals surface area contributed by atoms with Crippen molar-refractivity contribution in [3.05, 3.63) is 63.1 Å². The lowest BCUT2D eigenvalue weighted by Crippen LogP contribution is -2.31. The number of rotatable bonds is 5. The standard InChI is InChI=1S/C19H21Cl2NO2/c1-22-11-13-9-15(24-8-2-7-23)4-5-16(13)18(12-22)17-10-14(20)3-6-19(17)21/h3-6,9-10,18,23H,2,7-8,11-12H2,1H3. The van der Waals surface area contributed by atoms with Crippen LogP contribution in [-0.4, -0.2) is 36.8 Å². The van der Waals surface area contributed by atoms with Crippen LogP contribution in [-0.2, 0) is 6.54 Å². The molecule has 1 aliphatic heterocycles.